The number of rotatable bonds is 5. The van der Waals surface area contributed by atoms with Crippen LogP contribution in [0.2, 0.25) is 0 Å². The van der Waals surface area contributed by atoms with E-state index in [0.29, 0.717) is 25.1 Å². The number of hydrogen-bond donors (Lipinski definition) is 2. The molecule has 19 heavy (non-hydrogen) atoms. The molecular formula is C14H17N3O2. The van der Waals surface area contributed by atoms with Crippen molar-refractivity contribution in [3.05, 3.63) is 47.3 Å². The Hall–Kier alpha value is -2.30. The van der Waals surface area contributed by atoms with E-state index in [1.807, 2.05) is 31.2 Å². The van der Waals surface area contributed by atoms with Gasteiger partial charge >= 0.3 is 0 Å². The van der Waals surface area contributed by atoms with E-state index in [-0.39, 0.29) is 5.91 Å². The summed E-state index contributed by atoms with van der Waals surface area (Å²) in [5.41, 5.74) is 8.24. The van der Waals surface area contributed by atoms with Gasteiger partial charge in [0.2, 0.25) is 5.91 Å². The third-order valence-electron chi connectivity index (χ3n) is 2.76. The van der Waals surface area contributed by atoms with Gasteiger partial charge in [0.05, 0.1) is 12.2 Å². The van der Waals surface area contributed by atoms with Gasteiger partial charge in [0.1, 0.15) is 0 Å². The fraction of sp³-hybridized carbons (Fsp3) is 0.286. The van der Waals surface area contributed by atoms with Crippen LogP contribution in [0.3, 0.4) is 0 Å². The van der Waals surface area contributed by atoms with Crippen LogP contribution in [-0.4, -0.2) is 11.1 Å². The molecule has 5 heteroatoms. The lowest BCUT2D eigenvalue weighted by atomic mass is 10.1. The average molecular weight is 259 g/mol. The van der Waals surface area contributed by atoms with Crippen LogP contribution in [-0.2, 0) is 17.8 Å². The topological polar surface area (TPSA) is 81.2 Å². The second-order valence-corrected chi connectivity index (χ2v) is 4.45. The van der Waals surface area contributed by atoms with Gasteiger partial charge in [-0.1, -0.05) is 17.3 Å². The van der Waals surface area contributed by atoms with Crippen molar-refractivity contribution in [1.29, 1.82) is 0 Å². The molecule has 0 spiro atoms. The van der Waals surface area contributed by atoms with E-state index in [0.717, 1.165) is 16.9 Å². The average Bonchev–Trinajstić information content (AvgIpc) is 2.81. The maximum absolute atomic E-state index is 11.7. The van der Waals surface area contributed by atoms with Crippen molar-refractivity contribution in [2.75, 3.05) is 5.73 Å². The Balaban J connectivity index is 1.74. The molecular weight excluding hydrogens is 242 g/mol. The third kappa shape index (κ3) is 4.13. The Morgan fingerprint density at radius 1 is 1.37 bits per heavy atom. The van der Waals surface area contributed by atoms with Crippen LogP contribution >= 0.6 is 0 Å². The summed E-state index contributed by atoms with van der Waals surface area (Å²) in [4.78, 5) is 11.7. The summed E-state index contributed by atoms with van der Waals surface area (Å²) in [6.45, 7) is 2.22. The highest BCUT2D eigenvalue weighted by Crippen LogP contribution is 2.08. The van der Waals surface area contributed by atoms with Crippen molar-refractivity contribution >= 4 is 11.6 Å². The SMILES string of the molecule is Cc1cc(CNC(=O)CCc2ccc(N)cc2)on1. The summed E-state index contributed by atoms with van der Waals surface area (Å²) in [6.07, 6.45) is 1.14. The van der Waals surface area contributed by atoms with Gasteiger partial charge in [0.25, 0.3) is 0 Å². The summed E-state index contributed by atoms with van der Waals surface area (Å²) >= 11 is 0. The first-order valence-electron chi connectivity index (χ1n) is 6.17. The number of hydrogen-bond acceptors (Lipinski definition) is 4. The normalized spacial score (nSPS) is 10.4. The number of benzene rings is 1. The van der Waals surface area contributed by atoms with Crippen molar-refractivity contribution < 1.29 is 9.32 Å². The Bertz CT molecular complexity index is 546. The number of nitrogens with zero attached hydrogens (tertiary/aromatic N) is 1. The highest BCUT2D eigenvalue weighted by atomic mass is 16.5. The smallest absolute Gasteiger partial charge is 0.220 e. The number of anilines is 1. The maximum atomic E-state index is 11.7. The molecule has 1 aromatic heterocycles. The number of nitrogens with two attached hydrogens (primary N) is 1. The van der Waals surface area contributed by atoms with E-state index in [1.165, 1.54) is 0 Å². The van der Waals surface area contributed by atoms with Gasteiger partial charge < -0.3 is 15.6 Å². The van der Waals surface area contributed by atoms with E-state index >= 15 is 0 Å². The fourth-order valence-electron chi connectivity index (χ4n) is 1.72. The third-order valence-corrected chi connectivity index (χ3v) is 2.76. The molecule has 0 saturated carbocycles. The molecule has 0 aliphatic carbocycles. The molecule has 1 heterocycles. The Morgan fingerprint density at radius 2 is 2.11 bits per heavy atom. The van der Waals surface area contributed by atoms with E-state index in [9.17, 15) is 4.79 Å². The van der Waals surface area contributed by atoms with Crippen LogP contribution in [0, 0.1) is 6.92 Å². The highest BCUT2D eigenvalue weighted by molar-refractivity contribution is 5.76. The minimum Gasteiger partial charge on any atom is -0.399 e. The standard InChI is InChI=1S/C14H17N3O2/c1-10-8-13(19-17-10)9-16-14(18)7-4-11-2-5-12(15)6-3-11/h2-3,5-6,8H,4,7,9,15H2,1H3,(H,16,18). The largest absolute Gasteiger partial charge is 0.399 e. The van der Waals surface area contributed by atoms with Crippen LogP contribution in [0.4, 0.5) is 5.69 Å². The second-order valence-electron chi connectivity index (χ2n) is 4.45. The first-order valence-corrected chi connectivity index (χ1v) is 6.17. The van der Waals surface area contributed by atoms with Gasteiger partial charge in [-0.25, -0.2) is 0 Å². The number of aromatic nitrogens is 1. The molecule has 0 saturated heterocycles. The number of carbonyl (C=O) groups is 1. The van der Waals surface area contributed by atoms with E-state index in [1.54, 1.807) is 6.07 Å². The van der Waals surface area contributed by atoms with Crippen molar-refractivity contribution in [1.82, 2.24) is 10.5 Å². The molecule has 100 valence electrons. The molecule has 2 rings (SSSR count). The van der Waals surface area contributed by atoms with Crippen LogP contribution in [0.25, 0.3) is 0 Å². The molecule has 0 radical (unpaired) electrons. The molecule has 0 aliphatic rings. The number of amides is 1. The summed E-state index contributed by atoms with van der Waals surface area (Å²) in [5.74, 6) is 0.657. The molecule has 0 bridgehead atoms. The van der Waals surface area contributed by atoms with Gasteiger partial charge in [0.15, 0.2) is 5.76 Å². The Morgan fingerprint density at radius 3 is 2.74 bits per heavy atom. The van der Waals surface area contributed by atoms with Gasteiger partial charge in [0, 0.05) is 18.2 Å². The van der Waals surface area contributed by atoms with Crippen LogP contribution in [0.5, 0.6) is 0 Å². The molecule has 1 aromatic carbocycles. The Labute approximate surface area is 111 Å². The molecule has 0 fully saturated rings. The number of nitrogens with one attached hydrogen (secondary N) is 1. The molecule has 0 unspecified atom stereocenters. The van der Waals surface area contributed by atoms with Crippen LogP contribution < -0.4 is 11.1 Å². The van der Waals surface area contributed by atoms with E-state index in [4.69, 9.17) is 10.3 Å². The zero-order chi connectivity index (χ0) is 13.7. The van der Waals surface area contributed by atoms with Crippen molar-refractivity contribution in [2.24, 2.45) is 0 Å². The minimum atomic E-state index is -0.00845. The highest BCUT2D eigenvalue weighted by Gasteiger charge is 2.05. The summed E-state index contributed by atoms with van der Waals surface area (Å²) in [6, 6.07) is 9.35. The summed E-state index contributed by atoms with van der Waals surface area (Å²) in [5, 5.41) is 6.55. The predicted octanol–water partition coefficient (Wildman–Crippen LogP) is 1.81. The molecule has 3 N–H and O–H groups in total. The van der Waals surface area contributed by atoms with Crippen molar-refractivity contribution in [3.8, 4) is 0 Å². The zero-order valence-electron chi connectivity index (χ0n) is 10.8. The summed E-state index contributed by atoms with van der Waals surface area (Å²) in [7, 11) is 0. The van der Waals surface area contributed by atoms with Gasteiger partial charge in [-0.05, 0) is 31.0 Å². The maximum Gasteiger partial charge on any atom is 0.220 e. The Kier molecular flexibility index (Phi) is 4.18. The zero-order valence-corrected chi connectivity index (χ0v) is 10.8. The van der Waals surface area contributed by atoms with Crippen molar-refractivity contribution in [3.63, 3.8) is 0 Å². The van der Waals surface area contributed by atoms with Gasteiger partial charge in [-0.15, -0.1) is 0 Å². The lowest BCUT2D eigenvalue weighted by Gasteiger charge is -2.03. The lowest BCUT2D eigenvalue weighted by molar-refractivity contribution is -0.121. The monoisotopic (exact) mass is 259 g/mol. The van der Waals surface area contributed by atoms with E-state index in [2.05, 4.69) is 10.5 Å². The van der Waals surface area contributed by atoms with E-state index < -0.39 is 0 Å². The molecule has 0 atom stereocenters. The lowest BCUT2D eigenvalue weighted by Crippen LogP contribution is -2.22. The number of aryl methyl sites for hydroxylation is 2. The predicted molar refractivity (Wildman–Crippen MR) is 72.3 cm³/mol. The number of carbonyl (C=O) groups excluding carboxylic acids is 1. The minimum absolute atomic E-state index is 0.00845. The quantitative estimate of drug-likeness (QED) is 0.802. The van der Waals surface area contributed by atoms with Crippen molar-refractivity contribution in [2.45, 2.75) is 26.3 Å². The molecule has 2 aromatic rings. The molecule has 5 nitrogen and oxygen atoms in total. The van der Waals surface area contributed by atoms with Crippen LogP contribution in [0.1, 0.15) is 23.4 Å². The molecule has 0 aliphatic heterocycles. The second kappa shape index (κ2) is 6.04. The fourth-order valence-corrected chi connectivity index (χ4v) is 1.72. The van der Waals surface area contributed by atoms with Gasteiger partial charge in [-0.3, -0.25) is 4.79 Å². The molecule has 1 amide bonds. The first kappa shape index (κ1) is 13.1. The van der Waals surface area contributed by atoms with Crippen LogP contribution in [0.15, 0.2) is 34.9 Å². The first-order chi connectivity index (χ1) is 9.13. The summed E-state index contributed by atoms with van der Waals surface area (Å²) < 4.78 is 5.01. The number of nitrogen functional groups attached to an aromatic ring is 1. The van der Waals surface area contributed by atoms with Gasteiger partial charge in [-0.2, -0.15) is 0 Å².